The van der Waals surface area contributed by atoms with Gasteiger partial charge in [-0.2, -0.15) is 0 Å². The van der Waals surface area contributed by atoms with Crippen LogP contribution < -0.4 is 10.2 Å². The van der Waals surface area contributed by atoms with E-state index in [1.165, 1.54) is 17.4 Å². The standard InChI is InChI=1S/C21H20N4O3S/c1-14-6-2-3-7-16(14)17-13-29-21(22-17)23-20(26)15-8-9-18(19(12-15)25(27)28)24-10-4-5-11-24/h2-3,6-9,12-13H,4-5,10-11H2,1H3,(H,22,23,26). The normalized spacial score (nSPS) is 13.5. The van der Waals surface area contributed by atoms with Gasteiger partial charge in [-0.05, 0) is 37.5 Å². The average Bonchev–Trinajstić information content (AvgIpc) is 3.40. The van der Waals surface area contributed by atoms with E-state index in [-0.39, 0.29) is 11.3 Å². The van der Waals surface area contributed by atoms with Crippen molar-refractivity contribution in [3.05, 3.63) is 69.1 Å². The Hall–Kier alpha value is -3.26. The van der Waals surface area contributed by atoms with Crippen LogP contribution in [0.2, 0.25) is 0 Å². The Morgan fingerprint density at radius 2 is 1.97 bits per heavy atom. The summed E-state index contributed by atoms with van der Waals surface area (Å²) in [6, 6.07) is 12.5. The minimum absolute atomic E-state index is 0.0423. The smallest absolute Gasteiger partial charge is 0.293 e. The molecule has 4 rings (SSSR count). The molecule has 0 radical (unpaired) electrons. The second-order valence-electron chi connectivity index (χ2n) is 6.96. The van der Waals surface area contributed by atoms with Crippen molar-refractivity contribution in [2.45, 2.75) is 19.8 Å². The first-order valence-corrected chi connectivity index (χ1v) is 10.3. The number of aryl methyl sites for hydroxylation is 1. The zero-order valence-electron chi connectivity index (χ0n) is 15.9. The van der Waals surface area contributed by atoms with Gasteiger partial charge in [-0.25, -0.2) is 4.98 Å². The van der Waals surface area contributed by atoms with Crippen LogP contribution in [0.5, 0.6) is 0 Å². The third-order valence-electron chi connectivity index (χ3n) is 5.03. The van der Waals surface area contributed by atoms with Crippen LogP contribution in [0.1, 0.15) is 28.8 Å². The van der Waals surface area contributed by atoms with Crippen LogP contribution in [0.15, 0.2) is 47.8 Å². The number of hydrogen-bond donors (Lipinski definition) is 1. The molecule has 1 aliphatic heterocycles. The lowest BCUT2D eigenvalue weighted by Gasteiger charge is -2.17. The molecule has 0 aliphatic carbocycles. The van der Waals surface area contributed by atoms with Crippen LogP contribution in [0.3, 0.4) is 0 Å². The number of thiazole rings is 1. The topological polar surface area (TPSA) is 88.4 Å². The number of aromatic nitrogens is 1. The minimum atomic E-state index is -0.426. The van der Waals surface area contributed by atoms with Crippen LogP contribution in [-0.4, -0.2) is 28.9 Å². The summed E-state index contributed by atoms with van der Waals surface area (Å²) in [5.41, 5.74) is 3.67. The Bertz CT molecular complexity index is 1070. The number of hydrogen-bond acceptors (Lipinski definition) is 6. The lowest BCUT2D eigenvalue weighted by atomic mass is 10.1. The summed E-state index contributed by atoms with van der Waals surface area (Å²) in [6.45, 7) is 3.61. The second-order valence-corrected chi connectivity index (χ2v) is 7.82. The van der Waals surface area contributed by atoms with Gasteiger partial charge >= 0.3 is 0 Å². The van der Waals surface area contributed by atoms with E-state index in [1.807, 2.05) is 41.5 Å². The van der Waals surface area contributed by atoms with Gasteiger partial charge in [-0.3, -0.25) is 20.2 Å². The maximum absolute atomic E-state index is 12.7. The lowest BCUT2D eigenvalue weighted by Crippen LogP contribution is -2.19. The van der Waals surface area contributed by atoms with Crippen molar-refractivity contribution < 1.29 is 9.72 Å². The molecule has 3 aromatic rings. The molecular formula is C21H20N4O3S. The Labute approximate surface area is 172 Å². The second kappa shape index (κ2) is 8.00. The van der Waals surface area contributed by atoms with Gasteiger partial charge in [0.2, 0.25) is 0 Å². The predicted molar refractivity (Wildman–Crippen MR) is 115 cm³/mol. The fourth-order valence-corrected chi connectivity index (χ4v) is 4.23. The minimum Gasteiger partial charge on any atom is -0.366 e. The maximum atomic E-state index is 12.7. The summed E-state index contributed by atoms with van der Waals surface area (Å²) in [4.78, 5) is 30.3. The highest BCUT2D eigenvalue weighted by Gasteiger charge is 2.24. The molecule has 1 aliphatic rings. The van der Waals surface area contributed by atoms with Crippen molar-refractivity contribution in [1.82, 2.24) is 4.98 Å². The van der Waals surface area contributed by atoms with Crippen molar-refractivity contribution in [2.75, 3.05) is 23.3 Å². The van der Waals surface area contributed by atoms with Gasteiger partial charge in [0, 0.05) is 35.7 Å². The van der Waals surface area contributed by atoms with Crippen LogP contribution in [-0.2, 0) is 0 Å². The zero-order valence-corrected chi connectivity index (χ0v) is 16.7. The summed E-state index contributed by atoms with van der Waals surface area (Å²) in [5, 5.41) is 16.6. The van der Waals surface area contributed by atoms with Crippen LogP contribution in [0.4, 0.5) is 16.5 Å². The number of anilines is 2. The molecular weight excluding hydrogens is 388 g/mol. The molecule has 0 atom stereocenters. The molecule has 8 heteroatoms. The van der Waals surface area contributed by atoms with E-state index in [2.05, 4.69) is 10.3 Å². The summed E-state index contributed by atoms with van der Waals surface area (Å²) >= 11 is 1.32. The van der Waals surface area contributed by atoms with Gasteiger partial charge in [0.15, 0.2) is 5.13 Å². The SMILES string of the molecule is Cc1ccccc1-c1csc(NC(=O)c2ccc(N3CCCC3)c([N+](=O)[O-])c2)n1. The number of rotatable bonds is 5. The Kier molecular flexibility index (Phi) is 5.26. The van der Waals surface area contributed by atoms with E-state index in [4.69, 9.17) is 0 Å². The molecule has 1 aromatic heterocycles. The fourth-order valence-electron chi connectivity index (χ4n) is 3.52. The van der Waals surface area contributed by atoms with Crippen LogP contribution >= 0.6 is 11.3 Å². The maximum Gasteiger partial charge on any atom is 0.293 e. The molecule has 29 heavy (non-hydrogen) atoms. The lowest BCUT2D eigenvalue weighted by molar-refractivity contribution is -0.384. The van der Waals surface area contributed by atoms with E-state index < -0.39 is 10.8 Å². The molecule has 1 fully saturated rings. The predicted octanol–water partition coefficient (Wildman–Crippen LogP) is 4.88. The number of amides is 1. The molecule has 0 saturated carbocycles. The quantitative estimate of drug-likeness (QED) is 0.480. The number of benzene rings is 2. The van der Waals surface area contributed by atoms with Crippen LogP contribution in [0, 0.1) is 17.0 Å². The van der Waals surface area contributed by atoms with E-state index in [0.29, 0.717) is 10.8 Å². The van der Waals surface area contributed by atoms with E-state index in [9.17, 15) is 14.9 Å². The largest absolute Gasteiger partial charge is 0.366 e. The first-order chi connectivity index (χ1) is 14.0. The number of carbonyl (C=O) groups excluding carboxylic acids is 1. The molecule has 2 aromatic carbocycles. The molecule has 7 nitrogen and oxygen atoms in total. The number of nitrogens with zero attached hydrogens (tertiary/aromatic N) is 3. The van der Waals surface area contributed by atoms with Gasteiger partial charge in [-0.15, -0.1) is 11.3 Å². The van der Waals surface area contributed by atoms with Crippen molar-refractivity contribution in [3.8, 4) is 11.3 Å². The molecule has 0 spiro atoms. The molecule has 0 unspecified atom stereocenters. The highest BCUT2D eigenvalue weighted by Crippen LogP contribution is 2.32. The summed E-state index contributed by atoms with van der Waals surface area (Å²) in [7, 11) is 0. The summed E-state index contributed by atoms with van der Waals surface area (Å²) < 4.78 is 0. The third-order valence-corrected chi connectivity index (χ3v) is 5.78. The van der Waals surface area contributed by atoms with Crippen molar-refractivity contribution in [2.24, 2.45) is 0 Å². The Balaban J connectivity index is 1.55. The van der Waals surface area contributed by atoms with E-state index >= 15 is 0 Å². The van der Waals surface area contributed by atoms with Gasteiger partial charge < -0.3 is 4.90 Å². The van der Waals surface area contributed by atoms with Crippen molar-refractivity contribution >= 4 is 33.8 Å². The third kappa shape index (κ3) is 3.97. The Morgan fingerprint density at radius 3 is 2.69 bits per heavy atom. The van der Waals surface area contributed by atoms with E-state index in [1.54, 1.807) is 12.1 Å². The zero-order chi connectivity index (χ0) is 20.4. The number of nitro benzene ring substituents is 1. The number of nitrogens with one attached hydrogen (secondary N) is 1. The first-order valence-electron chi connectivity index (χ1n) is 9.39. The highest BCUT2D eigenvalue weighted by molar-refractivity contribution is 7.14. The van der Waals surface area contributed by atoms with Crippen LogP contribution in [0.25, 0.3) is 11.3 Å². The summed E-state index contributed by atoms with van der Waals surface area (Å²) in [6.07, 6.45) is 2.04. The molecule has 148 valence electrons. The number of carbonyl (C=O) groups is 1. The van der Waals surface area contributed by atoms with Gasteiger partial charge in [-0.1, -0.05) is 24.3 Å². The molecule has 0 bridgehead atoms. The fraction of sp³-hybridized carbons (Fsp3) is 0.238. The highest BCUT2D eigenvalue weighted by atomic mass is 32.1. The number of nitro groups is 1. The van der Waals surface area contributed by atoms with Crippen molar-refractivity contribution in [1.29, 1.82) is 0 Å². The van der Waals surface area contributed by atoms with Gasteiger partial charge in [0.1, 0.15) is 5.69 Å². The molecule has 1 N–H and O–H groups in total. The molecule has 1 saturated heterocycles. The van der Waals surface area contributed by atoms with E-state index in [0.717, 1.165) is 42.8 Å². The van der Waals surface area contributed by atoms with Crippen molar-refractivity contribution in [3.63, 3.8) is 0 Å². The monoisotopic (exact) mass is 408 g/mol. The average molecular weight is 408 g/mol. The molecule has 1 amide bonds. The Morgan fingerprint density at radius 1 is 1.21 bits per heavy atom. The summed E-state index contributed by atoms with van der Waals surface area (Å²) in [5.74, 6) is -0.410. The van der Waals surface area contributed by atoms with Gasteiger partial charge in [0.25, 0.3) is 11.6 Å². The first kappa shape index (κ1) is 19.1. The molecule has 2 heterocycles. The van der Waals surface area contributed by atoms with Gasteiger partial charge in [0.05, 0.1) is 10.6 Å².